The Hall–Kier alpha value is -2.08. The molecule has 6 heteroatoms. The van der Waals surface area contributed by atoms with Crippen LogP contribution in [0.4, 0.5) is 0 Å². The first-order chi connectivity index (χ1) is 10.8. The molecular formula is C17H26N2O4. The molecule has 6 nitrogen and oxygen atoms in total. The second-order valence-electron chi connectivity index (χ2n) is 5.92. The molecule has 1 aromatic carbocycles. The fourth-order valence-corrected chi connectivity index (χ4v) is 2.19. The topological polar surface area (TPSA) is 102 Å². The average Bonchev–Trinajstić information content (AvgIpc) is 2.48. The van der Waals surface area contributed by atoms with Gasteiger partial charge in [-0.05, 0) is 43.4 Å². The van der Waals surface area contributed by atoms with Crippen LogP contribution in [0.25, 0.3) is 0 Å². The van der Waals surface area contributed by atoms with Gasteiger partial charge in [-0.25, -0.2) is 4.79 Å². The van der Waals surface area contributed by atoms with E-state index < -0.39 is 24.0 Å². The van der Waals surface area contributed by atoms with Gasteiger partial charge in [-0.3, -0.25) is 4.79 Å². The molecule has 0 unspecified atom stereocenters. The molecule has 0 saturated heterocycles. The number of hydrogen-bond acceptors (Lipinski definition) is 5. The molecule has 0 heterocycles. The number of nitrogens with one attached hydrogen (secondary N) is 1. The van der Waals surface area contributed by atoms with E-state index in [2.05, 4.69) is 5.32 Å². The van der Waals surface area contributed by atoms with Crippen LogP contribution in [0.5, 0.6) is 5.75 Å². The van der Waals surface area contributed by atoms with Crippen molar-refractivity contribution in [1.29, 1.82) is 0 Å². The van der Waals surface area contributed by atoms with E-state index in [0.717, 1.165) is 5.56 Å². The van der Waals surface area contributed by atoms with Crippen molar-refractivity contribution in [1.82, 2.24) is 5.32 Å². The van der Waals surface area contributed by atoms with Crippen LogP contribution in [0.1, 0.15) is 32.8 Å². The maximum Gasteiger partial charge on any atom is 0.328 e. The number of amides is 1. The lowest BCUT2D eigenvalue weighted by atomic mass is 10.0. The van der Waals surface area contributed by atoms with Crippen LogP contribution < -0.4 is 11.1 Å². The summed E-state index contributed by atoms with van der Waals surface area (Å²) in [6.07, 6.45) is 0.819. The van der Waals surface area contributed by atoms with E-state index in [1.807, 2.05) is 13.8 Å². The highest BCUT2D eigenvalue weighted by Gasteiger charge is 2.25. The van der Waals surface area contributed by atoms with E-state index in [1.165, 1.54) is 0 Å². The van der Waals surface area contributed by atoms with E-state index in [1.54, 1.807) is 31.2 Å². The lowest BCUT2D eigenvalue weighted by Crippen LogP contribution is -2.50. The zero-order chi connectivity index (χ0) is 17.4. The molecule has 0 aliphatic carbocycles. The van der Waals surface area contributed by atoms with E-state index in [-0.39, 0.29) is 18.3 Å². The molecule has 0 bridgehead atoms. The number of phenols is 1. The first-order valence-corrected chi connectivity index (χ1v) is 7.84. The monoisotopic (exact) mass is 322 g/mol. The van der Waals surface area contributed by atoms with Crippen molar-refractivity contribution in [3.8, 4) is 5.75 Å². The van der Waals surface area contributed by atoms with Gasteiger partial charge >= 0.3 is 5.97 Å². The molecule has 4 N–H and O–H groups in total. The normalized spacial score (nSPS) is 13.4. The molecule has 1 rings (SSSR count). The fourth-order valence-electron chi connectivity index (χ4n) is 2.19. The summed E-state index contributed by atoms with van der Waals surface area (Å²) in [5.74, 6) is -0.438. The predicted molar refractivity (Wildman–Crippen MR) is 87.8 cm³/mol. The molecule has 1 amide bonds. The summed E-state index contributed by atoms with van der Waals surface area (Å²) in [5.41, 5.74) is 6.75. The Morgan fingerprint density at radius 3 is 2.39 bits per heavy atom. The van der Waals surface area contributed by atoms with Gasteiger partial charge in [0, 0.05) is 0 Å². The Bertz CT molecular complexity index is 514. The van der Waals surface area contributed by atoms with Gasteiger partial charge in [0.1, 0.15) is 11.8 Å². The minimum absolute atomic E-state index is 0.158. The summed E-state index contributed by atoms with van der Waals surface area (Å²) in [7, 11) is 0. The Labute approximate surface area is 137 Å². The van der Waals surface area contributed by atoms with Crippen LogP contribution in [0.15, 0.2) is 24.3 Å². The Kier molecular flexibility index (Phi) is 7.54. The number of aromatic hydroxyl groups is 1. The lowest BCUT2D eigenvalue weighted by molar-refractivity contribution is -0.148. The van der Waals surface area contributed by atoms with Crippen LogP contribution in [0.2, 0.25) is 0 Å². The summed E-state index contributed by atoms with van der Waals surface area (Å²) >= 11 is 0. The second-order valence-corrected chi connectivity index (χ2v) is 5.92. The van der Waals surface area contributed by atoms with Crippen molar-refractivity contribution in [2.24, 2.45) is 11.7 Å². The molecule has 0 aromatic heterocycles. The highest BCUT2D eigenvalue weighted by molar-refractivity contribution is 5.87. The molecule has 0 radical (unpaired) electrons. The zero-order valence-electron chi connectivity index (χ0n) is 13.9. The number of hydrogen-bond donors (Lipinski definition) is 3. The van der Waals surface area contributed by atoms with Crippen LogP contribution >= 0.6 is 0 Å². The van der Waals surface area contributed by atoms with E-state index >= 15 is 0 Å². The second kappa shape index (κ2) is 9.15. The summed E-state index contributed by atoms with van der Waals surface area (Å²) in [4.78, 5) is 24.1. The van der Waals surface area contributed by atoms with Crippen LogP contribution in [0.3, 0.4) is 0 Å². The van der Waals surface area contributed by atoms with Crippen LogP contribution in [-0.4, -0.2) is 35.7 Å². The van der Waals surface area contributed by atoms with Gasteiger partial charge in [0.05, 0.1) is 12.6 Å². The number of benzene rings is 1. The smallest absolute Gasteiger partial charge is 0.328 e. The number of carbonyl (C=O) groups is 2. The van der Waals surface area contributed by atoms with Gasteiger partial charge in [-0.1, -0.05) is 26.0 Å². The number of phenolic OH excluding ortho intramolecular Hbond substituents is 1. The molecule has 23 heavy (non-hydrogen) atoms. The number of esters is 1. The molecule has 0 fully saturated rings. The highest BCUT2D eigenvalue weighted by Crippen LogP contribution is 2.11. The van der Waals surface area contributed by atoms with E-state index in [0.29, 0.717) is 12.8 Å². The summed E-state index contributed by atoms with van der Waals surface area (Å²) in [6, 6.07) is 5.04. The summed E-state index contributed by atoms with van der Waals surface area (Å²) in [5, 5.41) is 11.9. The third kappa shape index (κ3) is 6.69. The number of nitrogens with two attached hydrogens (primary N) is 1. The van der Waals surface area contributed by atoms with Gasteiger partial charge in [0.15, 0.2) is 0 Å². The Morgan fingerprint density at radius 2 is 1.87 bits per heavy atom. The van der Waals surface area contributed by atoms with Crippen molar-refractivity contribution >= 4 is 11.9 Å². The standard InChI is InChI=1S/C17H26N2O4/c1-4-23-17(22)15(9-11(2)3)19-16(21)14(18)10-12-5-7-13(20)8-6-12/h5-8,11,14-15,20H,4,9-10,18H2,1-3H3,(H,19,21)/t14-,15+/m0/s1. The lowest BCUT2D eigenvalue weighted by Gasteiger charge is -2.21. The third-order valence-corrected chi connectivity index (χ3v) is 3.32. The number of carbonyl (C=O) groups excluding carboxylic acids is 2. The Balaban J connectivity index is 2.65. The molecule has 0 aliphatic heterocycles. The molecule has 128 valence electrons. The number of rotatable bonds is 8. The highest BCUT2D eigenvalue weighted by atomic mass is 16.5. The molecule has 1 aromatic rings. The van der Waals surface area contributed by atoms with Crippen molar-refractivity contribution in [3.63, 3.8) is 0 Å². The first kappa shape index (κ1) is 19.0. The SMILES string of the molecule is CCOC(=O)[C@@H](CC(C)C)NC(=O)[C@@H](N)Cc1ccc(O)cc1. The van der Waals surface area contributed by atoms with Gasteiger partial charge in [-0.15, -0.1) is 0 Å². The maximum absolute atomic E-state index is 12.2. The van der Waals surface area contributed by atoms with Gasteiger partial charge in [0.2, 0.25) is 5.91 Å². The summed E-state index contributed by atoms with van der Waals surface area (Å²) in [6.45, 7) is 5.93. The molecule has 0 saturated carbocycles. The minimum Gasteiger partial charge on any atom is -0.508 e. The van der Waals surface area contributed by atoms with Crippen LogP contribution in [0, 0.1) is 5.92 Å². The largest absolute Gasteiger partial charge is 0.508 e. The summed E-state index contributed by atoms with van der Waals surface area (Å²) < 4.78 is 4.99. The van der Waals surface area contributed by atoms with Crippen molar-refractivity contribution in [3.05, 3.63) is 29.8 Å². The van der Waals surface area contributed by atoms with E-state index in [4.69, 9.17) is 10.5 Å². The Morgan fingerprint density at radius 1 is 1.26 bits per heavy atom. The van der Waals surface area contributed by atoms with Gasteiger partial charge < -0.3 is 20.9 Å². The minimum atomic E-state index is -0.774. The van der Waals surface area contributed by atoms with Crippen LogP contribution in [-0.2, 0) is 20.7 Å². The average molecular weight is 322 g/mol. The van der Waals surface area contributed by atoms with Gasteiger partial charge in [-0.2, -0.15) is 0 Å². The van der Waals surface area contributed by atoms with Gasteiger partial charge in [0.25, 0.3) is 0 Å². The molecular weight excluding hydrogens is 296 g/mol. The predicted octanol–water partition coefficient (Wildman–Crippen LogP) is 1.36. The zero-order valence-corrected chi connectivity index (χ0v) is 13.9. The maximum atomic E-state index is 12.2. The van der Waals surface area contributed by atoms with Crippen molar-refractivity contribution in [2.45, 2.75) is 45.7 Å². The quantitative estimate of drug-likeness (QED) is 0.627. The molecule has 0 spiro atoms. The number of ether oxygens (including phenoxy) is 1. The molecule has 2 atom stereocenters. The fraction of sp³-hybridized carbons (Fsp3) is 0.529. The molecule has 0 aliphatic rings. The van der Waals surface area contributed by atoms with Crippen molar-refractivity contribution in [2.75, 3.05) is 6.61 Å². The first-order valence-electron chi connectivity index (χ1n) is 7.84. The van der Waals surface area contributed by atoms with E-state index in [9.17, 15) is 14.7 Å². The van der Waals surface area contributed by atoms with Crippen molar-refractivity contribution < 1.29 is 19.4 Å². The third-order valence-electron chi connectivity index (χ3n) is 3.32.